The minimum atomic E-state index is -3.88. The zero-order valence-corrected chi connectivity index (χ0v) is 24.7. The quantitative estimate of drug-likeness (QED) is 0.349. The van der Waals surface area contributed by atoms with Gasteiger partial charge in [0.15, 0.2) is 11.5 Å². The number of nitrogens with one attached hydrogen (secondary N) is 1. The molecule has 1 aliphatic heterocycles. The van der Waals surface area contributed by atoms with Crippen molar-refractivity contribution in [3.05, 3.63) is 89.5 Å². The summed E-state index contributed by atoms with van der Waals surface area (Å²) in [5.74, 6) is 0.314. The molecule has 10 heteroatoms. The second-order valence-electron chi connectivity index (χ2n) is 10.6. The largest absolute Gasteiger partial charge is 0.454 e. The van der Waals surface area contributed by atoms with Gasteiger partial charge in [-0.1, -0.05) is 68.4 Å². The number of sulfonamides is 1. The van der Waals surface area contributed by atoms with Crippen molar-refractivity contribution in [1.82, 2.24) is 10.2 Å². The molecule has 3 aromatic carbocycles. The Kier molecular flexibility index (Phi) is 9.54. The number of hydrogen-bond acceptors (Lipinski definition) is 6. The molecule has 0 bridgehead atoms. The summed E-state index contributed by atoms with van der Waals surface area (Å²) in [7, 11) is -3.88. The van der Waals surface area contributed by atoms with E-state index in [1.165, 1.54) is 4.90 Å². The Hall–Kier alpha value is -4.05. The van der Waals surface area contributed by atoms with Gasteiger partial charge in [-0.3, -0.25) is 13.9 Å². The molecular formula is C31H37N3O6S. The number of anilines is 1. The van der Waals surface area contributed by atoms with Crippen LogP contribution in [0.1, 0.15) is 30.5 Å². The molecule has 3 aromatic rings. The van der Waals surface area contributed by atoms with Crippen molar-refractivity contribution in [1.29, 1.82) is 0 Å². The zero-order chi connectivity index (χ0) is 29.6. The smallest absolute Gasteiger partial charge is 0.244 e. The van der Waals surface area contributed by atoms with Crippen LogP contribution in [-0.2, 0) is 32.6 Å². The molecule has 1 atom stereocenters. The third kappa shape index (κ3) is 7.79. The maximum Gasteiger partial charge on any atom is 0.244 e. The molecular weight excluding hydrogens is 542 g/mol. The van der Waals surface area contributed by atoms with Crippen LogP contribution in [0.2, 0.25) is 0 Å². The lowest BCUT2D eigenvalue weighted by molar-refractivity contribution is -0.140. The molecule has 0 fully saturated rings. The molecule has 2 amide bonds. The third-order valence-electron chi connectivity index (χ3n) is 6.88. The van der Waals surface area contributed by atoms with E-state index in [1.54, 1.807) is 18.2 Å². The third-order valence-corrected chi connectivity index (χ3v) is 8.02. The predicted octanol–water partition coefficient (Wildman–Crippen LogP) is 3.90. The Balaban J connectivity index is 1.73. The van der Waals surface area contributed by atoms with Crippen molar-refractivity contribution >= 4 is 27.5 Å². The maximum absolute atomic E-state index is 14.2. The molecule has 0 unspecified atom stereocenters. The summed E-state index contributed by atoms with van der Waals surface area (Å²) in [5.41, 5.74) is 2.98. The minimum absolute atomic E-state index is 0.0352. The van der Waals surface area contributed by atoms with Crippen LogP contribution in [0.3, 0.4) is 0 Å². The fraction of sp³-hybridized carbons (Fsp3) is 0.355. The standard InChI is InChI=1S/C31H37N3O6S/c1-22(2)18-32-31(36)27(16-24-11-6-5-7-12-24)33(19-25-13-9-8-10-23(25)3)30(35)20-34(41(4,37)38)26-14-15-28-29(17-26)40-21-39-28/h5-15,17,22,27H,16,18-21H2,1-4H3,(H,32,36)/t27-/m1/s1. The van der Waals surface area contributed by atoms with Crippen LogP contribution in [0.5, 0.6) is 11.5 Å². The highest BCUT2D eigenvalue weighted by Crippen LogP contribution is 2.36. The summed E-state index contributed by atoms with van der Waals surface area (Å²) < 4.78 is 37.8. The predicted molar refractivity (Wildman–Crippen MR) is 158 cm³/mol. The summed E-state index contributed by atoms with van der Waals surface area (Å²) in [6, 6.07) is 21.0. The van der Waals surface area contributed by atoms with E-state index in [2.05, 4.69) is 5.32 Å². The van der Waals surface area contributed by atoms with E-state index in [1.807, 2.05) is 75.4 Å². The Labute approximate surface area is 242 Å². The second-order valence-corrected chi connectivity index (χ2v) is 12.5. The highest BCUT2D eigenvalue weighted by Gasteiger charge is 2.33. The molecule has 9 nitrogen and oxygen atoms in total. The van der Waals surface area contributed by atoms with Gasteiger partial charge in [0.05, 0.1) is 11.9 Å². The van der Waals surface area contributed by atoms with Gasteiger partial charge < -0.3 is 19.7 Å². The SMILES string of the molecule is Cc1ccccc1CN(C(=O)CN(c1ccc2c(c1)OCO2)S(C)(=O)=O)[C@H](Cc1ccccc1)C(=O)NCC(C)C. The highest BCUT2D eigenvalue weighted by molar-refractivity contribution is 7.92. The number of carbonyl (C=O) groups excluding carboxylic acids is 2. The molecule has 0 saturated carbocycles. The van der Waals surface area contributed by atoms with Gasteiger partial charge in [-0.15, -0.1) is 0 Å². The topological polar surface area (TPSA) is 105 Å². The summed E-state index contributed by atoms with van der Waals surface area (Å²) in [4.78, 5) is 29.4. The lowest BCUT2D eigenvalue weighted by Crippen LogP contribution is -2.53. The molecule has 0 radical (unpaired) electrons. The van der Waals surface area contributed by atoms with Crippen LogP contribution in [0, 0.1) is 12.8 Å². The van der Waals surface area contributed by atoms with E-state index < -0.39 is 28.5 Å². The van der Waals surface area contributed by atoms with E-state index in [0.29, 0.717) is 18.0 Å². The molecule has 4 rings (SSSR count). The summed E-state index contributed by atoms with van der Waals surface area (Å²) in [6.45, 7) is 6.06. The molecule has 1 N–H and O–H groups in total. The summed E-state index contributed by atoms with van der Waals surface area (Å²) in [6.07, 6.45) is 1.32. The Morgan fingerprint density at radius 3 is 2.32 bits per heavy atom. The number of rotatable bonds is 12. The normalized spacial score (nSPS) is 13.1. The van der Waals surface area contributed by atoms with Crippen LogP contribution >= 0.6 is 0 Å². The average molecular weight is 580 g/mol. The van der Waals surface area contributed by atoms with Crippen molar-refractivity contribution < 1.29 is 27.5 Å². The van der Waals surface area contributed by atoms with E-state index >= 15 is 0 Å². The number of benzene rings is 3. The number of carbonyl (C=O) groups is 2. The van der Waals surface area contributed by atoms with Gasteiger partial charge in [-0.25, -0.2) is 8.42 Å². The van der Waals surface area contributed by atoms with E-state index in [9.17, 15) is 18.0 Å². The summed E-state index contributed by atoms with van der Waals surface area (Å²) >= 11 is 0. The molecule has 218 valence electrons. The molecule has 1 aliphatic rings. The van der Waals surface area contributed by atoms with Crippen molar-refractivity contribution in [3.63, 3.8) is 0 Å². The number of ether oxygens (including phenoxy) is 2. The number of hydrogen-bond donors (Lipinski definition) is 1. The number of aryl methyl sites for hydroxylation is 1. The van der Waals surface area contributed by atoms with Gasteiger partial charge in [0.25, 0.3) is 0 Å². The Morgan fingerprint density at radius 1 is 0.951 bits per heavy atom. The van der Waals surface area contributed by atoms with E-state index in [4.69, 9.17) is 9.47 Å². The van der Waals surface area contributed by atoms with Crippen molar-refractivity contribution in [3.8, 4) is 11.5 Å². The van der Waals surface area contributed by atoms with Crippen LogP contribution in [-0.4, -0.2) is 57.3 Å². The Bertz CT molecular complexity index is 1480. The average Bonchev–Trinajstić information content (AvgIpc) is 3.41. The fourth-order valence-corrected chi connectivity index (χ4v) is 5.44. The minimum Gasteiger partial charge on any atom is -0.454 e. The van der Waals surface area contributed by atoms with Crippen LogP contribution < -0.4 is 19.1 Å². The van der Waals surface area contributed by atoms with Gasteiger partial charge in [0.1, 0.15) is 12.6 Å². The van der Waals surface area contributed by atoms with Gasteiger partial charge in [-0.2, -0.15) is 0 Å². The second kappa shape index (κ2) is 13.1. The fourth-order valence-electron chi connectivity index (χ4n) is 4.60. The van der Waals surface area contributed by atoms with Crippen molar-refractivity contribution in [2.75, 3.05) is 30.4 Å². The molecule has 1 heterocycles. The van der Waals surface area contributed by atoms with Crippen LogP contribution in [0.25, 0.3) is 0 Å². The van der Waals surface area contributed by atoms with Gasteiger partial charge in [0.2, 0.25) is 28.6 Å². The first-order chi connectivity index (χ1) is 19.5. The summed E-state index contributed by atoms with van der Waals surface area (Å²) in [5, 5.41) is 2.99. The maximum atomic E-state index is 14.2. The molecule has 0 aliphatic carbocycles. The van der Waals surface area contributed by atoms with E-state index in [0.717, 1.165) is 27.3 Å². The monoisotopic (exact) mass is 579 g/mol. The zero-order valence-electron chi connectivity index (χ0n) is 23.9. The first-order valence-electron chi connectivity index (χ1n) is 13.6. The first-order valence-corrected chi connectivity index (χ1v) is 15.4. The van der Waals surface area contributed by atoms with Gasteiger partial charge in [-0.05, 0) is 41.7 Å². The van der Waals surface area contributed by atoms with Gasteiger partial charge in [0, 0.05) is 25.6 Å². The van der Waals surface area contributed by atoms with Crippen molar-refractivity contribution in [2.24, 2.45) is 5.92 Å². The number of fused-ring (bicyclic) bond motifs is 1. The molecule has 0 aromatic heterocycles. The number of amides is 2. The van der Waals surface area contributed by atoms with Gasteiger partial charge >= 0.3 is 0 Å². The highest BCUT2D eigenvalue weighted by atomic mass is 32.2. The number of nitrogens with zero attached hydrogens (tertiary/aromatic N) is 2. The van der Waals surface area contributed by atoms with Crippen LogP contribution in [0.15, 0.2) is 72.8 Å². The van der Waals surface area contributed by atoms with E-state index in [-0.39, 0.29) is 37.3 Å². The van der Waals surface area contributed by atoms with Crippen molar-refractivity contribution in [2.45, 2.75) is 39.8 Å². The first kappa shape index (κ1) is 29.9. The Morgan fingerprint density at radius 2 is 1.63 bits per heavy atom. The molecule has 0 spiro atoms. The lowest BCUT2D eigenvalue weighted by atomic mass is 10.0. The molecule has 41 heavy (non-hydrogen) atoms. The van der Waals surface area contributed by atoms with Crippen LogP contribution in [0.4, 0.5) is 5.69 Å². The molecule has 0 saturated heterocycles. The lowest BCUT2D eigenvalue weighted by Gasteiger charge is -2.34.